The second-order valence-corrected chi connectivity index (χ2v) is 9.24. The summed E-state index contributed by atoms with van der Waals surface area (Å²) >= 11 is 3.47. The lowest BCUT2D eigenvalue weighted by Gasteiger charge is -2.30. The first-order chi connectivity index (χ1) is 13.7. The average molecular weight is 464 g/mol. The maximum atomic E-state index is 13.9. The molecule has 0 unspecified atom stereocenters. The van der Waals surface area contributed by atoms with Gasteiger partial charge in [0.1, 0.15) is 22.8 Å². The third kappa shape index (κ3) is 5.50. The van der Waals surface area contributed by atoms with E-state index >= 15 is 0 Å². The maximum absolute atomic E-state index is 13.9. The molecule has 1 aliphatic rings. The number of alkyl carbamates (subject to hydrolysis) is 1. The molecule has 0 fully saturated rings. The summed E-state index contributed by atoms with van der Waals surface area (Å²) in [6.07, 6.45) is 2.67. The molecule has 4 nitrogen and oxygen atoms in total. The highest BCUT2D eigenvalue weighted by molar-refractivity contribution is 9.10. The molecule has 6 heteroatoms. The molecular weight excluding hydrogens is 437 g/mol. The zero-order valence-corrected chi connectivity index (χ0v) is 18.6. The number of amides is 1. The van der Waals surface area contributed by atoms with Crippen molar-refractivity contribution in [3.05, 3.63) is 63.9 Å². The smallest absolute Gasteiger partial charge is 0.407 e. The molecule has 156 valence electrons. The van der Waals surface area contributed by atoms with Gasteiger partial charge in [-0.05, 0) is 51.7 Å². The van der Waals surface area contributed by atoms with Crippen LogP contribution in [0.1, 0.15) is 51.2 Å². The lowest BCUT2D eigenvalue weighted by atomic mass is 9.84. The normalized spacial score (nSPS) is 18.1. The van der Waals surface area contributed by atoms with E-state index in [2.05, 4.69) is 33.4 Å². The van der Waals surface area contributed by atoms with Crippen molar-refractivity contribution in [1.29, 1.82) is 0 Å². The second kappa shape index (κ2) is 8.74. The standard InChI is InChI=1S/C23H27BrFNO3/c1-22(2,3)29-21(27)26-12-8-7-11-23(16-9-5-4-6-10-16)15-18-19(24)13-17(25)14-20(18)28-23/h4-6,9-10,13-14H,7-8,11-12,15H2,1-3H3,(H,26,27)/t23-/m0/s1. The van der Waals surface area contributed by atoms with Crippen molar-refractivity contribution < 1.29 is 18.7 Å². The fourth-order valence-electron chi connectivity index (χ4n) is 3.60. The highest BCUT2D eigenvalue weighted by Crippen LogP contribution is 2.47. The van der Waals surface area contributed by atoms with Crippen molar-refractivity contribution in [1.82, 2.24) is 5.32 Å². The van der Waals surface area contributed by atoms with E-state index in [1.807, 2.05) is 39.0 Å². The number of unbranched alkanes of at least 4 members (excludes halogenated alkanes) is 1. The number of hydrogen-bond donors (Lipinski definition) is 1. The molecule has 0 aliphatic carbocycles. The molecule has 0 bridgehead atoms. The van der Waals surface area contributed by atoms with Crippen molar-refractivity contribution in [2.75, 3.05) is 6.54 Å². The van der Waals surface area contributed by atoms with E-state index in [0.29, 0.717) is 18.7 Å². The molecular formula is C23H27BrFNO3. The fraction of sp³-hybridized carbons (Fsp3) is 0.435. The number of ether oxygens (including phenoxy) is 2. The van der Waals surface area contributed by atoms with E-state index in [9.17, 15) is 9.18 Å². The summed E-state index contributed by atoms with van der Waals surface area (Å²) in [7, 11) is 0. The molecule has 0 radical (unpaired) electrons. The van der Waals surface area contributed by atoms with Gasteiger partial charge in [0.25, 0.3) is 0 Å². The van der Waals surface area contributed by atoms with Gasteiger partial charge in [0.2, 0.25) is 0 Å². The van der Waals surface area contributed by atoms with Crippen LogP contribution in [0.5, 0.6) is 5.75 Å². The molecule has 2 aromatic rings. The summed E-state index contributed by atoms with van der Waals surface area (Å²) in [6.45, 7) is 6.05. The van der Waals surface area contributed by atoms with Crippen LogP contribution in [0.25, 0.3) is 0 Å². The van der Waals surface area contributed by atoms with Gasteiger partial charge < -0.3 is 14.8 Å². The van der Waals surface area contributed by atoms with Gasteiger partial charge in [-0.25, -0.2) is 9.18 Å². The zero-order chi connectivity index (χ0) is 21.1. The predicted octanol–water partition coefficient (Wildman–Crippen LogP) is 6.11. The lowest BCUT2D eigenvalue weighted by molar-refractivity contribution is 0.0524. The molecule has 1 aliphatic heterocycles. The Kier molecular flexibility index (Phi) is 6.52. The van der Waals surface area contributed by atoms with Gasteiger partial charge in [0, 0.05) is 29.1 Å². The van der Waals surface area contributed by atoms with Crippen LogP contribution in [-0.4, -0.2) is 18.2 Å². The first-order valence-electron chi connectivity index (χ1n) is 9.88. The number of nitrogens with one attached hydrogen (secondary N) is 1. The van der Waals surface area contributed by atoms with E-state index in [4.69, 9.17) is 9.47 Å². The Balaban J connectivity index is 1.65. The molecule has 1 heterocycles. The van der Waals surface area contributed by atoms with E-state index < -0.39 is 17.3 Å². The van der Waals surface area contributed by atoms with Gasteiger partial charge >= 0.3 is 6.09 Å². The average Bonchev–Trinajstić information content (AvgIpc) is 3.01. The number of fused-ring (bicyclic) bond motifs is 1. The Morgan fingerprint density at radius 1 is 1.24 bits per heavy atom. The van der Waals surface area contributed by atoms with E-state index in [1.165, 1.54) is 12.1 Å². The van der Waals surface area contributed by atoms with E-state index in [0.717, 1.165) is 34.9 Å². The van der Waals surface area contributed by atoms with Gasteiger partial charge in [-0.2, -0.15) is 0 Å². The Morgan fingerprint density at radius 3 is 2.66 bits per heavy atom. The first kappa shape index (κ1) is 21.6. The number of benzene rings is 2. The number of rotatable bonds is 6. The van der Waals surface area contributed by atoms with Gasteiger partial charge in [-0.1, -0.05) is 46.3 Å². The van der Waals surface area contributed by atoms with Crippen LogP contribution in [0.2, 0.25) is 0 Å². The van der Waals surface area contributed by atoms with Crippen molar-refractivity contribution in [3.8, 4) is 5.75 Å². The summed E-state index contributed by atoms with van der Waals surface area (Å²) in [5.74, 6) is 0.272. The van der Waals surface area contributed by atoms with E-state index in [-0.39, 0.29) is 5.82 Å². The SMILES string of the molecule is CC(C)(C)OC(=O)NCCCC[C@@]1(c2ccccc2)Cc2c(Br)cc(F)cc2O1. The van der Waals surface area contributed by atoms with Crippen molar-refractivity contribution >= 4 is 22.0 Å². The van der Waals surface area contributed by atoms with Gasteiger partial charge in [0.05, 0.1) is 0 Å². The third-order valence-electron chi connectivity index (χ3n) is 4.86. The Bertz CT molecular complexity index is 866. The minimum atomic E-state index is -0.536. The van der Waals surface area contributed by atoms with Crippen LogP contribution in [0.3, 0.4) is 0 Å². The quantitative estimate of drug-likeness (QED) is 0.525. The molecule has 1 N–H and O–H groups in total. The summed E-state index contributed by atoms with van der Waals surface area (Å²) in [6, 6.07) is 13.0. The summed E-state index contributed by atoms with van der Waals surface area (Å²) < 4.78 is 26.2. The van der Waals surface area contributed by atoms with Crippen LogP contribution in [0.15, 0.2) is 46.9 Å². The summed E-state index contributed by atoms with van der Waals surface area (Å²) in [4.78, 5) is 11.8. The largest absolute Gasteiger partial charge is 0.482 e. The van der Waals surface area contributed by atoms with Crippen LogP contribution < -0.4 is 10.1 Å². The number of halogens is 2. The summed E-state index contributed by atoms with van der Waals surface area (Å²) in [5, 5.41) is 2.79. The molecule has 2 aromatic carbocycles. The molecule has 29 heavy (non-hydrogen) atoms. The molecule has 1 atom stereocenters. The van der Waals surface area contributed by atoms with Gasteiger partial charge in [-0.15, -0.1) is 0 Å². The Labute approximate surface area is 179 Å². The predicted molar refractivity (Wildman–Crippen MR) is 115 cm³/mol. The number of hydrogen-bond acceptors (Lipinski definition) is 3. The van der Waals surface area contributed by atoms with Crippen LogP contribution in [-0.2, 0) is 16.8 Å². The maximum Gasteiger partial charge on any atom is 0.407 e. The molecule has 0 saturated heterocycles. The minimum Gasteiger partial charge on any atom is -0.482 e. The topological polar surface area (TPSA) is 47.6 Å². The van der Waals surface area contributed by atoms with Gasteiger partial charge in [0.15, 0.2) is 0 Å². The van der Waals surface area contributed by atoms with Crippen LogP contribution in [0.4, 0.5) is 9.18 Å². The highest BCUT2D eigenvalue weighted by Gasteiger charge is 2.41. The van der Waals surface area contributed by atoms with Gasteiger partial charge in [-0.3, -0.25) is 0 Å². The molecule has 0 spiro atoms. The number of carbonyl (C=O) groups excluding carboxylic acids is 1. The Hall–Kier alpha value is -2.08. The lowest BCUT2D eigenvalue weighted by Crippen LogP contribution is -2.34. The zero-order valence-electron chi connectivity index (χ0n) is 17.1. The molecule has 1 amide bonds. The second-order valence-electron chi connectivity index (χ2n) is 8.39. The molecule has 3 rings (SSSR count). The Morgan fingerprint density at radius 2 is 1.97 bits per heavy atom. The molecule has 0 saturated carbocycles. The molecule has 0 aromatic heterocycles. The van der Waals surface area contributed by atoms with Crippen LogP contribution in [0, 0.1) is 5.82 Å². The number of carbonyl (C=O) groups is 1. The summed E-state index contributed by atoms with van der Waals surface area (Å²) in [5.41, 5.74) is 1.02. The van der Waals surface area contributed by atoms with E-state index in [1.54, 1.807) is 0 Å². The third-order valence-corrected chi connectivity index (χ3v) is 5.57. The monoisotopic (exact) mass is 463 g/mol. The highest BCUT2D eigenvalue weighted by atomic mass is 79.9. The van der Waals surface area contributed by atoms with Crippen molar-refractivity contribution in [2.45, 2.75) is 57.7 Å². The minimum absolute atomic E-state index is 0.318. The van der Waals surface area contributed by atoms with Crippen molar-refractivity contribution in [3.63, 3.8) is 0 Å². The first-order valence-corrected chi connectivity index (χ1v) is 10.7. The van der Waals surface area contributed by atoms with Crippen molar-refractivity contribution in [2.24, 2.45) is 0 Å². The van der Waals surface area contributed by atoms with Crippen LogP contribution >= 0.6 is 15.9 Å². The fourth-order valence-corrected chi connectivity index (χ4v) is 4.16.